The van der Waals surface area contributed by atoms with Gasteiger partial charge in [0, 0.05) is 49.9 Å². The van der Waals surface area contributed by atoms with E-state index >= 15 is 0 Å². The molecule has 8 nitrogen and oxygen atoms in total. The van der Waals surface area contributed by atoms with Gasteiger partial charge in [-0.05, 0) is 79.8 Å². The summed E-state index contributed by atoms with van der Waals surface area (Å²) in [4.78, 5) is 16.0. The molecule has 3 heterocycles. The largest absolute Gasteiger partial charge is 0.489 e. The Labute approximate surface area is 243 Å². The number of nitrogens with one attached hydrogen (secondary N) is 3. The summed E-state index contributed by atoms with van der Waals surface area (Å²) in [6.07, 6.45) is 3.13. The van der Waals surface area contributed by atoms with Crippen LogP contribution in [0.3, 0.4) is 0 Å². The predicted octanol–water partition coefficient (Wildman–Crippen LogP) is 5.75. The maximum atomic E-state index is 13.7. The highest BCUT2D eigenvalue weighted by Crippen LogP contribution is 2.29. The second-order valence-electron chi connectivity index (χ2n) is 11.0. The number of ether oxygens (including phenoxy) is 2. The topological polar surface area (TPSA) is 91.5 Å². The molecule has 4 aromatic rings. The normalized spacial score (nSPS) is 17.9. The van der Waals surface area contributed by atoms with Crippen molar-refractivity contribution in [3.63, 3.8) is 0 Å². The second-order valence-corrected chi connectivity index (χ2v) is 11.0. The summed E-state index contributed by atoms with van der Waals surface area (Å²) in [5, 5.41) is 14.5. The highest BCUT2D eigenvalue weighted by molar-refractivity contribution is 6.11. The third-order valence-electron chi connectivity index (χ3n) is 7.99. The summed E-state index contributed by atoms with van der Waals surface area (Å²) in [6, 6.07) is 14.8. The van der Waals surface area contributed by atoms with E-state index in [0.717, 1.165) is 61.8 Å². The van der Waals surface area contributed by atoms with E-state index in [1.807, 2.05) is 30.3 Å². The van der Waals surface area contributed by atoms with Gasteiger partial charge < -0.3 is 20.1 Å². The van der Waals surface area contributed by atoms with Crippen LogP contribution in [0.25, 0.3) is 10.9 Å². The second kappa shape index (κ2) is 12.5. The average molecular weight is 576 g/mol. The van der Waals surface area contributed by atoms with Crippen LogP contribution in [0, 0.1) is 11.6 Å². The van der Waals surface area contributed by atoms with Gasteiger partial charge in [0.15, 0.2) is 5.82 Å². The molecule has 2 aliphatic heterocycles. The number of carbonyl (C=O) groups is 1. The van der Waals surface area contributed by atoms with Crippen LogP contribution < -0.4 is 15.4 Å². The van der Waals surface area contributed by atoms with E-state index in [1.165, 1.54) is 12.1 Å². The standard InChI is InChI=1S/C32H35F2N5O3/c1-2-39-10-7-26(19-39)42-25-4-5-27(30(18-25)35-24-8-11-41-12-9-24)32(40)36-31-28-16-20(3-6-29(28)37-38-31)13-21-14-22(33)17-23(34)15-21/h3-6,14-18,24,26,35H,2,7-13,19H2,1H3,(H2,36,37,38,40)/t26-/m0/s1. The first-order chi connectivity index (χ1) is 20.4. The molecule has 1 atom stereocenters. The van der Waals surface area contributed by atoms with E-state index in [1.54, 1.807) is 6.07 Å². The van der Waals surface area contributed by atoms with E-state index in [0.29, 0.717) is 47.7 Å². The lowest BCUT2D eigenvalue weighted by Crippen LogP contribution is -2.29. The molecule has 0 aliphatic carbocycles. The molecule has 0 spiro atoms. The van der Waals surface area contributed by atoms with Crippen molar-refractivity contribution < 1.29 is 23.0 Å². The van der Waals surface area contributed by atoms with Crippen molar-refractivity contribution in [1.82, 2.24) is 15.1 Å². The lowest BCUT2D eigenvalue weighted by atomic mass is 10.0. The molecule has 2 fully saturated rings. The Balaban J connectivity index is 1.23. The van der Waals surface area contributed by atoms with Gasteiger partial charge in [-0.2, -0.15) is 5.10 Å². The number of amides is 1. The van der Waals surface area contributed by atoms with Crippen LogP contribution in [0.4, 0.5) is 20.3 Å². The number of hydrogen-bond acceptors (Lipinski definition) is 6. The molecule has 3 aromatic carbocycles. The third-order valence-corrected chi connectivity index (χ3v) is 7.99. The molecule has 0 radical (unpaired) electrons. The van der Waals surface area contributed by atoms with Gasteiger partial charge in [0.2, 0.25) is 0 Å². The monoisotopic (exact) mass is 575 g/mol. The minimum atomic E-state index is -0.616. The number of halogens is 2. The fourth-order valence-corrected chi connectivity index (χ4v) is 5.74. The zero-order valence-electron chi connectivity index (χ0n) is 23.6. The summed E-state index contributed by atoms with van der Waals surface area (Å²) in [6.45, 7) is 6.42. The molecule has 0 saturated carbocycles. The molecule has 1 aromatic heterocycles. The first-order valence-corrected chi connectivity index (χ1v) is 14.5. The van der Waals surface area contributed by atoms with Gasteiger partial charge in [0.25, 0.3) is 5.91 Å². The molecule has 1 amide bonds. The van der Waals surface area contributed by atoms with Crippen molar-refractivity contribution >= 4 is 28.3 Å². The number of fused-ring (bicyclic) bond motifs is 1. The summed E-state index contributed by atoms with van der Waals surface area (Å²) in [5.41, 5.74) is 3.28. The van der Waals surface area contributed by atoms with Crippen LogP contribution in [0.1, 0.15) is 47.7 Å². The van der Waals surface area contributed by atoms with Gasteiger partial charge in [-0.25, -0.2) is 8.78 Å². The summed E-state index contributed by atoms with van der Waals surface area (Å²) < 4.78 is 39.3. The van der Waals surface area contributed by atoms with E-state index in [4.69, 9.17) is 9.47 Å². The molecule has 220 valence electrons. The number of likely N-dealkylation sites (tertiary alicyclic amines) is 1. The van der Waals surface area contributed by atoms with Crippen LogP contribution in [0.15, 0.2) is 54.6 Å². The highest BCUT2D eigenvalue weighted by atomic mass is 19.1. The van der Waals surface area contributed by atoms with Crippen molar-refractivity contribution in [3.8, 4) is 5.75 Å². The Kier molecular flexibility index (Phi) is 8.34. The lowest BCUT2D eigenvalue weighted by molar-refractivity contribution is 0.0904. The quantitative estimate of drug-likeness (QED) is 0.236. The molecular formula is C32H35F2N5O3. The molecule has 2 aliphatic rings. The maximum Gasteiger partial charge on any atom is 0.258 e. The first-order valence-electron chi connectivity index (χ1n) is 14.5. The van der Waals surface area contributed by atoms with Gasteiger partial charge in [-0.3, -0.25) is 14.8 Å². The number of nitrogens with zero attached hydrogens (tertiary/aromatic N) is 2. The molecule has 0 unspecified atom stereocenters. The van der Waals surface area contributed by atoms with Gasteiger partial charge in [0.05, 0.1) is 16.8 Å². The minimum Gasteiger partial charge on any atom is -0.489 e. The zero-order chi connectivity index (χ0) is 29.1. The smallest absolute Gasteiger partial charge is 0.258 e. The number of carbonyl (C=O) groups excluding carboxylic acids is 1. The molecular weight excluding hydrogens is 540 g/mol. The Hall–Kier alpha value is -4.02. The summed E-state index contributed by atoms with van der Waals surface area (Å²) >= 11 is 0. The number of aromatic nitrogens is 2. The van der Waals surface area contributed by atoms with Gasteiger partial charge in [-0.1, -0.05) is 13.0 Å². The van der Waals surface area contributed by atoms with Crippen molar-refractivity contribution in [1.29, 1.82) is 0 Å². The van der Waals surface area contributed by atoms with Crippen LogP contribution in [0.5, 0.6) is 5.75 Å². The Morgan fingerprint density at radius 3 is 2.62 bits per heavy atom. The van der Waals surface area contributed by atoms with Crippen LogP contribution in [-0.4, -0.2) is 66.0 Å². The van der Waals surface area contributed by atoms with E-state index in [9.17, 15) is 13.6 Å². The fraction of sp³-hybridized carbons (Fsp3) is 0.375. The van der Waals surface area contributed by atoms with Crippen molar-refractivity contribution in [2.75, 3.05) is 43.5 Å². The highest BCUT2D eigenvalue weighted by Gasteiger charge is 2.24. The van der Waals surface area contributed by atoms with Gasteiger partial charge >= 0.3 is 0 Å². The number of likely N-dealkylation sites (N-methyl/N-ethyl adjacent to an activating group) is 1. The van der Waals surface area contributed by atoms with E-state index < -0.39 is 11.6 Å². The SMILES string of the molecule is CCN1CC[C@H](Oc2ccc(C(=O)Nc3n[nH]c4ccc(Cc5cc(F)cc(F)c5)cc34)c(NC3CCOCC3)c2)C1. The summed E-state index contributed by atoms with van der Waals surface area (Å²) in [7, 11) is 0. The average Bonchev–Trinajstić information content (AvgIpc) is 3.59. The Morgan fingerprint density at radius 2 is 1.86 bits per heavy atom. The molecule has 2 saturated heterocycles. The lowest BCUT2D eigenvalue weighted by Gasteiger charge is -2.26. The van der Waals surface area contributed by atoms with Crippen LogP contribution >= 0.6 is 0 Å². The maximum absolute atomic E-state index is 13.7. The number of aromatic amines is 1. The first kappa shape index (κ1) is 28.1. The Morgan fingerprint density at radius 1 is 1.05 bits per heavy atom. The Bertz CT molecular complexity index is 1550. The molecule has 42 heavy (non-hydrogen) atoms. The van der Waals surface area contributed by atoms with E-state index in [2.05, 4.69) is 32.7 Å². The van der Waals surface area contributed by atoms with Gasteiger partial charge in [-0.15, -0.1) is 0 Å². The number of anilines is 2. The van der Waals surface area contributed by atoms with Crippen molar-refractivity contribution in [3.05, 3.63) is 82.9 Å². The number of rotatable bonds is 9. The third kappa shape index (κ3) is 6.55. The van der Waals surface area contributed by atoms with Crippen LogP contribution in [-0.2, 0) is 11.2 Å². The predicted molar refractivity (Wildman–Crippen MR) is 158 cm³/mol. The number of hydrogen-bond donors (Lipinski definition) is 3. The molecule has 0 bridgehead atoms. The minimum absolute atomic E-state index is 0.119. The fourth-order valence-electron chi connectivity index (χ4n) is 5.74. The van der Waals surface area contributed by atoms with Crippen molar-refractivity contribution in [2.45, 2.75) is 44.8 Å². The number of H-pyrrole nitrogens is 1. The van der Waals surface area contributed by atoms with Crippen molar-refractivity contribution in [2.24, 2.45) is 0 Å². The molecule has 3 N–H and O–H groups in total. The van der Waals surface area contributed by atoms with Crippen LogP contribution in [0.2, 0.25) is 0 Å². The summed E-state index contributed by atoms with van der Waals surface area (Å²) in [5.74, 6) is -0.428. The number of benzene rings is 3. The zero-order valence-corrected chi connectivity index (χ0v) is 23.6. The molecule has 10 heteroatoms. The van der Waals surface area contributed by atoms with E-state index in [-0.39, 0.29) is 18.1 Å². The molecule has 6 rings (SSSR count). The van der Waals surface area contributed by atoms with Gasteiger partial charge in [0.1, 0.15) is 23.5 Å².